The molecule has 4 aromatic rings. The molecule has 0 radical (unpaired) electrons. The molecule has 8 nitrogen and oxygen atoms in total. The van der Waals surface area contributed by atoms with Crippen LogP contribution in [0.1, 0.15) is 29.9 Å². The standard InChI is InChI=1S/C19H21N7O/c1-13(2)10-26-12-23-16-8-14(9-22-17(16)26)18(27)20-6-4-15-11-25-7-3-5-21-19(25)24-15/h3,5,7-9,11-13H,4,6,10H2,1-2H3,(H,20,27). The zero-order chi connectivity index (χ0) is 18.8. The fourth-order valence-electron chi connectivity index (χ4n) is 3.01. The van der Waals surface area contributed by atoms with Gasteiger partial charge in [0.2, 0.25) is 5.78 Å². The molecule has 4 aromatic heterocycles. The number of aromatic nitrogens is 6. The van der Waals surface area contributed by atoms with Gasteiger partial charge in [0.25, 0.3) is 5.91 Å². The molecule has 0 saturated carbocycles. The SMILES string of the molecule is CC(C)Cn1cnc2cc(C(=O)NCCc3cn4cccnc4n3)cnc21. The maximum Gasteiger partial charge on any atom is 0.252 e. The normalized spacial score (nSPS) is 11.5. The van der Waals surface area contributed by atoms with Crippen LogP contribution in [0.25, 0.3) is 16.9 Å². The van der Waals surface area contributed by atoms with E-state index in [1.165, 1.54) is 0 Å². The molecule has 4 rings (SSSR count). The van der Waals surface area contributed by atoms with E-state index in [4.69, 9.17) is 0 Å². The van der Waals surface area contributed by atoms with Crippen molar-refractivity contribution in [1.82, 2.24) is 34.2 Å². The summed E-state index contributed by atoms with van der Waals surface area (Å²) in [7, 11) is 0. The van der Waals surface area contributed by atoms with Crippen LogP contribution in [0.5, 0.6) is 0 Å². The van der Waals surface area contributed by atoms with Crippen molar-refractivity contribution >= 4 is 22.8 Å². The molecular weight excluding hydrogens is 342 g/mol. The molecule has 27 heavy (non-hydrogen) atoms. The van der Waals surface area contributed by atoms with Crippen molar-refractivity contribution in [3.05, 3.63) is 54.5 Å². The third kappa shape index (κ3) is 3.64. The van der Waals surface area contributed by atoms with E-state index in [9.17, 15) is 4.79 Å². The minimum Gasteiger partial charge on any atom is -0.352 e. The van der Waals surface area contributed by atoms with Crippen LogP contribution < -0.4 is 5.32 Å². The number of rotatable bonds is 6. The average molecular weight is 363 g/mol. The topological polar surface area (TPSA) is 90.0 Å². The molecule has 0 atom stereocenters. The Bertz CT molecular complexity index is 1060. The van der Waals surface area contributed by atoms with E-state index >= 15 is 0 Å². The highest BCUT2D eigenvalue weighted by atomic mass is 16.1. The van der Waals surface area contributed by atoms with Crippen LogP contribution in [0.15, 0.2) is 43.2 Å². The Morgan fingerprint density at radius 1 is 1.26 bits per heavy atom. The first kappa shape index (κ1) is 17.1. The summed E-state index contributed by atoms with van der Waals surface area (Å²) < 4.78 is 3.88. The zero-order valence-electron chi connectivity index (χ0n) is 15.3. The summed E-state index contributed by atoms with van der Waals surface area (Å²) in [4.78, 5) is 29.8. The highest BCUT2D eigenvalue weighted by Gasteiger charge is 2.11. The van der Waals surface area contributed by atoms with Gasteiger partial charge in [-0.2, -0.15) is 0 Å². The van der Waals surface area contributed by atoms with Gasteiger partial charge in [0.05, 0.1) is 17.6 Å². The molecule has 0 fully saturated rings. The summed E-state index contributed by atoms with van der Waals surface area (Å²) >= 11 is 0. The van der Waals surface area contributed by atoms with E-state index < -0.39 is 0 Å². The number of amides is 1. The molecule has 138 valence electrons. The third-order valence-electron chi connectivity index (χ3n) is 4.23. The van der Waals surface area contributed by atoms with Gasteiger partial charge in [0, 0.05) is 44.3 Å². The summed E-state index contributed by atoms with van der Waals surface area (Å²) in [5, 5.41) is 2.91. The average Bonchev–Trinajstić information content (AvgIpc) is 3.24. The van der Waals surface area contributed by atoms with Crippen LogP contribution in [0.2, 0.25) is 0 Å². The van der Waals surface area contributed by atoms with Crippen LogP contribution in [-0.2, 0) is 13.0 Å². The maximum atomic E-state index is 12.4. The van der Waals surface area contributed by atoms with Gasteiger partial charge in [-0.05, 0) is 18.1 Å². The second kappa shape index (κ2) is 7.14. The lowest BCUT2D eigenvalue weighted by atomic mass is 10.2. The van der Waals surface area contributed by atoms with Gasteiger partial charge in [-0.15, -0.1) is 0 Å². The molecule has 0 aliphatic heterocycles. The summed E-state index contributed by atoms with van der Waals surface area (Å²) in [5.41, 5.74) is 2.93. The minimum absolute atomic E-state index is 0.162. The number of hydrogen-bond acceptors (Lipinski definition) is 5. The molecule has 0 spiro atoms. The quantitative estimate of drug-likeness (QED) is 0.567. The fraction of sp³-hybridized carbons (Fsp3) is 0.316. The molecule has 0 aliphatic carbocycles. The number of nitrogens with one attached hydrogen (secondary N) is 1. The van der Waals surface area contributed by atoms with Gasteiger partial charge < -0.3 is 9.88 Å². The van der Waals surface area contributed by atoms with Crippen molar-refractivity contribution in [3.63, 3.8) is 0 Å². The van der Waals surface area contributed by atoms with Crippen molar-refractivity contribution in [2.45, 2.75) is 26.8 Å². The summed E-state index contributed by atoms with van der Waals surface area (Å²) in [6.07, 6.45) is 9.54. The molecule has 0 aromatic carbocycles. The maximum absolute atomic E-state index is 12.4. The molecule has 4 heterocycles. The predicted octanol–water partition coefficient (Wildman–Crippen LogP) is 2.10. The van der Waals surface area contributed by atoms with Crippen LogP contribution in [0.3, 0.4) is 0 Å². The van der Waals surface area contributed by atoms with E-state index in [2.05, 4.69) is 39.1 Å². The van der Waals surface area contributed by atoms with Crippen molar-refractivity contribution in [3.8, 4) is 0 Å². The second-order valence-electron chi connectivity index (χ2n) is 6.92. The Labute approximate surface area is 156 Å². The molecule has 1 N–H and O–H groups in total. The van der Waals surface area contributed by atoms with E-state index in [0.29, 0.717) is 30.2 Å². The van der Waals surface area contributed by atoms with Gasteiger partial charge >= 0.3 is 0 Å². The Morgan fingerprint density at radius 3 is 2.96 bits per heavy atom. The highest BCUT2D eigenvalue weighted by molar-refractivity contribution is 5.96. The summed E-state index contributed by atoms with van der Waals surface area (Å²) in [5.74, 6) is 0.997. The molecule has 0 aliphatic rings. The Hall–Kier alpha value is -3.29. The Balaban J connectivity index is 1.40. The van der Waals surface area contributed by atoms with E-state index in [1.54, 1.807) is 24.8 Å². The molecule has 0 unspecified atom stereocenters. The van der Waals surface area contributed by atoms with Crippen LogP contribution >= 0.6 is 0 Å². The first-order valence-electron chi connectivity index (χ1n) is 8.98. The molecule has 0 bridgehead atoms. The van der Waals surface area contributed by atoms with E-state index in [1.807, 2.05) is 27.4 Å². The summed E-state index contributed by atoms with van der Waals surface area (Å²) in [6.45, 7) is 5.63. The lowest BCUT2D eigenvalue weighted by molar-refractivity contribution is 0.0954. The van der Waals surface area contributed by atoms with E-state index in [-0.39, 0.29) is 5.91 Å². The van der Waals surface area contributed by atoms with Crippen LogP contribution in [0.4, 0.5) is 0 Å². The lowest BCUT2D eigenvalue weighted by Gasteiger charge is -2.07. The number of nitrogens with zero attached hydrogens (tertiary/aromatic N) is 6. The number of carbonyl (C=O) groups is 1. The van der Waals surface area contributed by atoms with E-state index in [0.717, 1.165) is 23.4 Å². The molecule has 0 saturated heterocycles. The van der Waals surface area contributed by atoms with Crippen molar-refractivity contribution < 1.29 is 4.79 Å². The predicted molar refractivity (Wildman–Crippen MR) is 101 cm³/mol. The smallest absolute Gasteiger partial charge is 0.252 e. The summed E-state index contributed by atoms with van der Waals surface area (Å²) in [6, 6.07) is 3.63. The third-order valence-corrected chi connectivity index (χ3v) is 4.23. The first-order valence-corrected chi connectivity index (χ1v) is 8.98. The van der Waals surface area contributed by atoms with Gasteiger partial charge in [-0.3, -0.25) is 9.20 Å². The van der Waals surface area contributed by atoms with Crippen molar-refractivity contribution in [2.75, 3.05) is 6.54 Å². The van der Waals surface area contributed by atoms with Gasteiger partial charge in [0.15, 0.2) is 5.65 Å². The second-order valence-corrected chi connectivity index (χ2v) is 6.92. The minimum atomic E-state index is -0.162. The number of hydrogen-bond donors (Lipinski definition) is 1. The monoisotopic (exact) mass is 363 g/mol. The molecule has 1 amide bonds. The lowest BCUT2D eigenvalue weighted by Crippen LogP contribution is -2.25. The fourth-order valence-corrected chi connectivity index (χ4v) is 3.01. The number of fused-ring (bicyclic) bond motifs is 2. The van der Waals surface area contributed by atoms with Gasteiger partial charge in [0.1, 0.15) is 5.52 Å². The van der Waals surface area contributed by atoms with Gasteiger partial charge in [-0.1, -0.05) is 13.8 Å². The Morgan fingerprint density at radius 2 is 2.15 bits per heavy atom. The first-order chi connectivity index (χ1) is 13.1. The van der Waals surface area contributed by atoms with Crippen LogP contribution in [-0.4, -0.2) is 41.4 Å². The number of carbonyl (C=O) groups excluding carboxylic acids is 1. The largest absolute Gasteiger partial charge is 0.352 e. The van der Waals surface area contributed by atoms with Crippen LogP contribution in [0, 0.1) is 5.92 Å². The molecular formula is C19H21N7O. The highest BCUT2D eigenvalue weighted by Crippen LogP contribution is 2.13. The number of pyridine rings is 1. The van der Waals surface area contributed by atoms with Crippen molar-refractivity contribution in [1.29, 1.82) is 0 Å². The number of imidazole rings is 2. The molecule has 8 heteroatoms. The van der Waals surface area contributed by atoms with Gasteiger partial charge in [-0.25, -0.2) is 19.9 Å². The Kier molecular flexibility index (Phi) is 4.53. The van der Waals surface area contributed by atoms with Crippen molar-refractivity contribution in [2.24, 2.45) is 5.92 Å². The zero-order valence-corrected chi connectivity index (χ0v) is 15.3.